The van der Waals surface area contributed by atoms with Crippen LogP contribution < -0.4 is 0 Å². The highest BCUT2D eigenvalue weighted by Gasteiger charge is 2.30. The maximum atomic E-state index is 12.7. The number of carbonyl (C=O) groups excluding carboxylic acids is 1. The molecule has 0 saturated carbocycles. The number of likely N-dealkylation sites (tertiary alicyclic amines) is 1. The summed E-state index contributed by atoms with van der Waals surface area (Å²) < 4.78 is 26.8. The van der Waals surface area contributed by atoms with Gasteiger partial charge in [0.05, 0.1) is 11.4 Å². The molecule has 1 aromatic rings. The summed E-state index contributed by atoms with van der Waals surface area (Å²) in [7, 11) is -3.47. The van der Waals surface area contributed by atoms with Gasteiger partial charge in [-0.15, -0.1) is 0 Å². The fourth-order valence-electron chi connectivity index (χ4n) is 3.27. The second-order valence-electron chi connectivity index (χ2n) is 6.58. The number of rotatable bonds is 4. The minimum atomic E-state index is -3.47. The fourth-order valence-corrected chi connectivity index (χ4v) is 4.69. The Morgan fingerprint density at radius 3 is 2.12 bits per heavy atom. The molecule has 3 rings (SSSR count). The van der Waals surface area contributed by atoms with E-state index in [0.717, 1.165) is 31.5 Å². The Hall–Kier alpha value is -1.44. The SMILES string of the molecule is Cc1ccc(S(=O)(=O)N2CCN(C(=O)CN3CCCC3)CC2)cc1. The molecule has 0 aromatic heterocycles. The number of carbonyl (C=O) groups is 1. The fraction of sp³-hybridized carbons (Fsp3) is 0.588. The third-order valence-electron chi connectivity index (χ3n) is 4.81. The standard InChI is InChI=1S/C17H25N3O3S/c1-15-4-6-16(7-5-15)24(22,23)20-12-10-19(11-13-20)17(21)14-18-8-2-3-9-18/h4-7H,2-3,8-14H2,1H3. The second kappa shape index (κ2) is 7.21. The molecule has 0 unspecified atom stereocenters. The summed E-state index contributed by atoms with van der Waals surface area (Å²) in [6, 6.07) is 6.91. The van der Waals surface area contributed by atoms with E-state index in [1.165, 1.54) is 4.31 Å². The van der Waals surface area contributed by atoms with E-state index < -0.39 is 10.0 Å². The summed E-state index contributed by atoms with van der Waals surface area (Å²) >= 11 is 0. The molecule has 2 fully saturated rings. The van der Waals surface area contributed by atoms with Crippen LogP contribution in [0.25, 0.3) is 0 Å². The average Bonchev–Trinajstić information content (AvgIpc) is 3.08. The summed E-state index contributed by atoms with van der Waals surface area (Å²) in [5, 5.41) is 0. The van der Waals surface area contributed by atoms with Crippen LogP contribution in [-0.2, 0) is 14.8 Å². The quantitative estimate of drug-likeness (QED) is 0.809. The summed E-state index contributed by atoms with van der Waals surface area (Å²) in [6.45, 7) is 6.05. The van der Waals surface area contributed by atoms with E-state index in [-0.39, 0.29) is 5.91 Å². The van der Waals surface area contributed by atoms with Crippen LogP contribution in [0.5, 0.6) is 0 Å². The van der Waals surface area contributed by atoms with Crippen LogP contribution >= 0.6 is 0 Å². The van der Waals surface area contributed by atoms with Gasteiger partial charge in [-0.25, -0.2) is 8.42 Å². The Bertz CT molecular complexity index is 674. The first-order chi connectivity index (χ1) is 11.5. The van der Waals surface area contributed by atoms with Gasteiger partial charge in [0.1, 0.15) is 0 Å². The number of nitrogens with zero attached hydrogens (tertiary/aromatic N) is 3. The van der Waals surface area contributed by atoms with Gasteiger partial charge in [-0.3, -0.25) is 9.69 Å². The predicted molar refractivity (Wildman–Crippen MR) is 92.2 cm³/mol. The van der Waals surface area contributed by atoms with Crippen molar-refractivity contribution in [3.05, 3.63) is 29.8 Å². The van der Waals surface area contributed by atoms with E-state index in [1.54, 1.807) is 17.0 Å². The molecule has 2 heterocycles. The zero-order valence-electron chi connectivity index (χ0n) is 14.1. The molecule has 2 saturated heterocycles. The topological polar surface area (TPSA) is 60.9 Å². The van der Waals surface area contributed by atoms with Gasteiger partial charge in [0.2, 0.25) is 15.9 Å². The summed E-state index contributed by atoms with van der Waals surface area (Å²) in [4.78, 5) is 16.6. The second-order valence-corrected chi connectivity index (χ2v) is 8.52. The molecule has 7 heteroatoms. The van der Waals surface area contributed by atoms with E-state index in [1.807, 2.05) is 19.1 Å². The maximum Gasteiger partial charge on any atom is 0.243 e. The van der Waals surface area contributed by atoms with E-state index in [0.29, 0.717) is 37.6 Å². The van der Waals surface area contributed by atoms with E-state index in [2.05, 4.69) is 4.90 Å². The van der Waals surface area contributed by atoms with Gasteiger partial charge in [0, 0.05) is 26.2 Å². The van der Waals surface area contributed by atoms with Gasteiger partial charge in [0.25, 0.3) is 0 Å². The molecule has 0 radical (unpaired) electrons. The Morgan fingerprint density at radius 2 is 1.54 bits per heavy atom. The van der Waals surface area contributed by atoms with Crippen molar-refractivity contribution in [1.82, 2.24) is 14.1 Å². The molecule has 0 bridgehead atoms. The normalized spacial score (nSPS) is 20.5. The Morgan fingerprint density at radius 1 is 0.958 bits per heavy atom. The molecule has 6 nitrogen and oxygen atoms in total. The predicted octanol–water partition coefficient (Wildman–Crippen LogP) is 0.924. The van der Waals surface area contributed by atoms with Crippen molar-refractivity contribution >= 4 is 15.9 Å². The van der Waals surface area contributed by atoms with Crippen LogP contribution in [0.4, 0.5) is 0 Å². The molecule has 132 valence electrons. The Labute approximate surface area is 144 Å². The van der Waals surface area contributed by atoms with Crippen molar-refractivity contribution in [1.29, 1.82) is 0 Å². The van der Waals surface area contributed by atoms with Crippen LogP contribution in [0.2, 0.25) is 0 Å². The molecule has 0 spiro atoms. The van der Waals surface area contributed by atoms with Crippen LogP contribution in [-0.4, -0.2) is 74.2 Å². The Kier molecular flexibility index (Phi) is 5.22. The van der Waals surface area contributed by atoms with Gasteiger partial charge < -0.3 is 4.90 Å². The lowest BCUT2D eigenvalue weighted by Crippen LogP contribution is -2.52. The van der Waals surface area contributed by atoms with Gasteiger partial charge in [0.15, 0.2) is 0 Å². The van der Waals surface area contributed by atoms with Crippen molar-refractivity contribution in [3.8, 4) is 0 Å². The highest BCUT2D eigenvalue weighted by atomic mass is 32.2. The van der Waals surface area contributed by atoms with Crippen molar-refractivity contribution in [2.75, 3.05) is 45.8 Å². The third kappa shape index (κ3) is 3.79. The van der Waals surface area contributed by atoms with E-state index in [4.69, 9.17) is 0 Å². The molecule has 0 atom stereocenters. The zero-order chi connectivity index (χ0) is 17.2. The highest BCUT2D eigenvalue weighted by Crippen LogP contribution is 2.18. The highest BCUT2D eigenvalue weighted by molar-refractivity contribution is 7.89. The van der Waals surface area contributed by atoms with Crippen molar-refractivity contribution in [2.24, 2.45) is 0 Å². The number of piperazine rings is 1. The first kappa shape index (κ1) is 17.4. The average molecular weight is 351 g/mol. The molecule has 2 aliphatic rings. The van der Waals surface area contributed by atoms with Crippen molar-refractivity contribution in [2.45, 2.75) is 24.7 Å². The Balaban J connectivity index is 1.57. The van der Waals surface area contributed by atoms with Crippen molar-refractivity contribution in [3.63, 3.8) is 0 Å². The largest absolute Gasteiger partial charge is 0.339 e. The lowest BCUT2D eigenvalue weighted by atomic mass is 10.2. The number of amides is 1. The van der Waals surface area contributed by atoms with E-state index >= 15 is 0 Å². The number of hydrogen-bond donors (Lipinski definition) is 0. The molecule has 2 aliphatic heterocycles. The van der Waals surface area contributed by atoms with Gasteiger partial charge in [-0.1, -0.05) is 17.7 Å². The number of benzene rings is 1. The lowest BCUT2D eigenvalue weighted by molar-refractivity contribution is -0.133. The maximum absolute atomic E-state index is 12.7. The molecular weight excluding hydrogens is 326 g/mol. The molecule has 1 aromatic carbocycles. The molecule has 0 N–H and O–H groups in total. The number of sulfonamides is 1. The third-order valence-corrected chi connectivity index (χ3v) is 6.72. The molecular formula is C17H25N3O3S. The lowest BCUT2D eigenvalue weighted by Gasteiger charge is -2.34. The minimum absolute atomic E-state index is 0.115. The summed E-state index contributed by atoms with van der Waals surface area (Å²) in [5.74, 6) is 0.115. The van der Waals surface area contributed by atoms with Crippen LogP contribution in [0.1, 0.15) is 18.4 Å². The molecule has 1 amide bonds. The van der Waals surface area contributed by atoms with Crippen molar-refractivity contribution < 1.29 is 13.2 Å². The first-order valence-electron chi connectivity index (χ1n) is 8.54. The van der Waals surface area contributed by atoms with Crippen LogP contribution in [0.3, 0.4) is 0 Å². The molecule has 0 aliphatic carbocycles. The minimum Gasteiger partial charge on any atom is -0.339 e. The summed E-state index contributed by atoms with van der Waals surface area (Å²) in [6.07, 6.45) is 2.33. The number of hydrogen-bond acceptors (Lipinski definition) is 4. The first-order valence-corrected chi connectivity index (χ1v) is 9.98. The van der Waals surface area contributed by atoms with Gasteiger partial charge in [-0.05, 0) is 45.0 Å². The van der Waals surface area contributed by atoms with Gasteiger partial charge in [-0.2, -0.15) is 4.31 Å². The zero-order valence-corrected chi connectivity index (χ0v) is 15.0. The van der Waals surface area contributed by atoms with Crippen LogP contribution in [0, 0.1) is 6.92 Å². The van der Waals surface area contributed by atoms with E-state index in [9.17, 15) is 13.2 Å². The summed E-state index contributed by atoms with van der Waals surface area (Å²) in [5.41, 5.74) is 1.03. The monoisotopic (exact) mass is 351 g/mol. The number of aryl methyl sites for hydroxylation is 1. The van der Waals surface area contributed by atoms with Crippen LogP contribution in [0.15, 0.2) is 29.2 Å². The molecule has 24 heavy (non-hydrogen) atoms. The van der Waals surface area contributed by atoms with Gasteiger partial charge >= 0.3 is 0 Å². The smallest absolute Gasteiger partial charge is 0.243 e.